The molecule has 19 heavy (non-hydrogen) atoms. The van der Waals surface area contributed by atoms with Crippen molar-refractivity contribution in [2.24, 2.45) is 5.92 Å². The van der Waals surface area contributed by atoms with Crippen molar-refractivity contribution in [2.75, 3.05) is 26.2 Å². The van der Waals surface area contributed by atoms with Crippen LogP contribution < -0.4 is 10.6 Å². The number of hydrogen-bond acceptors (Lipinski definition) is 3. The summed E-state index contributed by atoms with van der Waals surface area (Å²) < 4.78 is 0. The number of rotatable bonds is 7. The number of carbonyl (C=O) groups excluding carboxylic acids is 1. The zero-order chi connectivity index (χ0) is 14.3. The van der Waals surface area contributed by atoms with Crippen LogP contribution in [0.25, 0.3) is 0 Å². The van der Waals surface area contributed by atoms with Crippen molar-refractivity contribution in [1.82, 2.24) is 15.5 Å². The van der Waals surface area contributed by atoms with Crippen molar-refractivity contribution in [1.29, 1.82) is 0 Å². The van der Waals surface area contributed by atoms with Gasteiger partial charge in [0, 0.05) is 31.6 Å². The van der Waals surface area contributed by atoms with Crippen LogP contribution in [-0.4, -0.2) is 49.1 Å². The summed E-state index contributed by atoms with van der Waals surface area (Å²) in [5.74, 6) is 0.906. The second kappa shape index (κ2) is 8.54. The number of amides is 1. The highest BCUT2D eigenvalue weighted by molar-refractivity contribution is 5.76. The Morgan fingerprint density at radius 1 is 1.21 bits per heavy atom. The van der Waals surface area contributed by atoms with Gasteiger partial charge in [-0.3, -0.25) is 4.79 Å². The molecule has 0 aliphatic carbocycles. The Kier molecular flexibility index (Phi) is 7.39. The highest BCUT2D eigenvalue weighted by atomic mass is 16.1. The second-order valence-corrected chi connectivity index (χ2v) is 6.40. The molecular weight excluding hydrogens is 238 g/mol. The number of likely N-dealkylation sites (tertiary alicyclic amines) is 1. The van der Waals surface area contributed by atoms with Crippen LogP contribution in [0.15, 0.2) is 0 Å². The molecule has 1 heterocycles. The largest absolute Gasteiger partial charge is 0.354 e. The third-order valence-corrected chi connectivity index (χ3v) is 3.45. The summed E-state index contributed by atoms with van der Waals surface area (Å²) in [6, 6.07) is 0.835. The fourth-order valence-corrected chi connectivity index (χ4v) is 2.62. The molecule has 0 aromatic heterocycles. The standard InChI is InChI=1S/C15H31N3O/c1-12(2)11-18-9-6-14(7-10-18)16-8-5-15(19)17-13(3)4/h12-14,16H,5-11H2,1-4H3,(H,17,19). The maximum Gasteiger partial charge on any atom is 0.221 e. The Morgan fingerprint density at radius 2 is 1.84 bits per heavy atom. The van der Waals surface area contributed by atoms with Gasteiger partial charge in [-0.25, -0.2) is 0 Å². The van der Waals surface area contributed by atoms with Gasteiger partial charge in [0.2, 0.25) is 5.91 Å². The Labute approximate surface area is 118 Å². The van der Waals surface area contributed by atoms with E-state index in [1.54, 1.807) is 0 Å². The molecule has 0 radical (unpaired) electrons. The molecule has 1 saturated heterocycles. The van der Waals surface area contributed by atoms with Gasteiger partial charge in [-0.1, -0.05) is 13.8 Å². The number of hydrogen-bond donors (Lipinski definition) is 2. The molecule has 2 N–H and O–H groups in total. The van der Waals surface area contributed by atoms with Crippen LogP contribution >= 0.6 is 0 Å². The average molecular weight is 269 g/mol. The molecule has 0 unspecified atom stereocenters. The fourth-order valence-electron chi connectivity index (χ4n) is 2.62. The lowest BCUT2D eigenvalue weighted by Crippen LogP contribution is -2.44. The molecule has 4 nitrogen and oxygen atoms in total. The highest BCUT2D eigenvalue weighted by Crippen LogP contribution is 2.11. The van der Waals surface area contributed by atoms with E-state index in [0.29, 0.717) is 12.5 Å². The Morgan fingerprint density at radius 3 is 2.37 bits per heavy atom. The first-order valence-corrected chi connectivity index (χ1v) is 7.72. The molecule has 0 aromatic carbocycles. The third kappa shape index (κ3) is 7.53. The Hall–Kier alpha value is -0.610. The van der Waals surface area contributed by atoms with Gasteiger partial charge in [-0.05, 0) is 45.7 Å². The van der Waals surface area contributed by atoms with E-state index >= 15 is 0 Å². The first kappa shape index (κ1) is 16.4. The lowest BCUT2D eigenvalue weighted by molar-refractivity contribution is -0.121. The first-order valence-electron chi connectivity index (χ1n) is 7.72. The van der Waals surface area contributed by atoms with E-state index < -0.39 is 0 Å². The molecule has 4 heteroatoms. The van der Waals surface area contributed by atoms with Crippen molar-refractivity contribution in [3.05, 3.63) is 0 Å². The maximum atomic E-state index is 11.5. The van der Waals surface area contributed by atoms with Gasteiger partial charge in [0.25, 0.3) is 0 Å². The van der Waals surface area contributed by atoms with Crippen molar-refractivity contribution in [3.63, 3.8) is 0 Å². The average Bonchev–Trinajstić information content (AvgIpc) is 2.29. The Bertz CT molecular complexity index is 258. The molecular formula is C15H31N3O. The van der Waals surface area contributed by atoms with Gasteiger partial charge in [-0.15, -0.1) is 0 Å². The molecule has 1 aliphatic rings. The zero-order valence-electron chi connectivity index (χ0n) is 13.0. The predicted molar refractivity (Wildman–Crippen MR) is 80.2 cm³/mol. The summed E-state index contributed by atoms with van der Waals surface area (Å²) in [6.07, 6.45) is 3.00. The van der Waals surface area contributed by atoms with Gasteiger partial charge in [0.15, 0.2) is 0 Å². The monoisotopic (exact) mass is 269 g/mol. The smallest absolute Gasteiger partial charge is 0.221 e. The van der Waals surface area contributed by atoms with Crippen molar-refractivity contribution in [2.45, 2.75) is 59.0 Å². The first-order chi connectivity index (χ1) is 8.97. The van der Waals surface area contributed by atoms with Crippen LogP contribution in [0, 0.1) is 5.92 Å². The lowest BCUT2D eigenvalue weighted by atomic mass is 10.0. The van der Waals surface area contributed by atoms with Crippen molar-refractivity contribution >= 4 is 5.91 Å². The summed E-state index contributed by atoms with van der Waals surface area (Å²) >= 11 is 0. The van der Waals surface area contributed by atoms with Gasteiger partial charge in [-0.2, -0.15) is 0 Å². The number of nitrogens with zero attached hydrogens (tertiary/aromatic N) is 1. The molecule has 0 aromatic rings. The predicted octanol–water partition coefficient (Wildman–Crippen LogP) is 1.61. The van der Waals surface area contributed by atoms with Crippen LogP contribution in [0.1, 0.15) is 47.0 Å². The van der Waals surface area contributed by atoms with Gasteiger partial charge in [0.05, 0.1) is 0 Å². The highest BCUT2D eigenvalue weighted by Gasteiger charge is 2.19. The minimum absolute atomic E-state index is 0.153. The summed E-state index contributed by atoms with van der Waals surface area (Å²) in [5, 5.41) is 6.43. The molecule has 0 atom stereocenters. The van der Waals surface area contributed by atoms with Gasteiger partial charge >= 0.3 is 0 Å². The summed E-state index contributed by atoms with van der Waals surface area (Å²) in [5.41, 5.74) is 0. The van der Waals surface area contributed by atoms with E-state index in [1.807, 2.05) is 13.8 Å². The number of carbonyl (C=O) groups is 1. The number of nitrogens with one attached hydrogen (secondary N) is 2. The summed E-state index contributed by atoms with van der Waals surface area (Å²) in [7, 11) is 0. The van der Waals surface area contributed by atoms with E-state index in [0.717, 1.165) is 12.5 Å². The molecule has 1 amide bonds. The molecule has 0 bridgehead atoms. The minimum atomic E-state index is 0.153. The molecule has 112 valence electrons. The van der Waals surface area contributed by atoms with Crippen molar-refractivity contribution in [3.8, 4) is 0 Å². The Balaban J connectivity index is 2.08. The van der Waals surface area contributed by atoms with Crippen molar-refractivity contribution < 1.29 is 4.79 Å². The van der Waals surface area contributed by atoms with E-state index in [1.165, 1.54) is 32.5 Å². The maximum absolute atomic E-state index is 11.5. The van der Waals surface area contributed by atoms with Crippen LogP contribution in [0.3, 0.4) is 0 Å². The zero-order valence-corrected chi connectivity index (χ0v) is 13.0. The molecule has 0 spiro atoms. The van der Waals surface area contributed by atoms with Crippen LogP contribution in [0.4, 0.5) is 0 Å². The third-order valence-electron chi connectivity index (χ3n) is 3.45. The van der Waals surface area contributed by atoms with Gasteiger partial charge < -0.3 is 15.5 Å². The van der Waals surface area contributed by atoms with E-state index in [9.17, 15) is 4.79 Å². The van der Waals surface area contributed by atoms with Gasteiger partial charge in [0.1, 0.15) is 0 Å². The van der Waals surface area contributed by atoms with E-state index in [-0.39, 0.29) is 11.9 Å². The minimum Gasteiger partial charge on any atom is -0.354 e. The number of piperidine rings is 1. The quantitative estimate of drug-likeness (QED) is 0.738. The summed E-state index contributed by atoms with van der Waals surface area (Å²) in [6.45, 7) is 12.9. The molecule has 0 saturated carbocycles. The fraction of sp³-hybridized carbons (Fsp3) is 0.933. The van der Waals surface area contributed by atoms with E-state index in [2.05, 4.69) is 29.4 Å². The summed E-state index contributed by atoms with van der Waals surface area (Å²) in [4.78, 5) is 14.1. The molecule has 1 aliphatic heterocycles. The molecule has 1 rings (SSSR count). The normalized spacial score (nSPS) is 18.2. The van der Waals surface area contributed by atoms with Crippen LogP contribution in [0.2, 0.25) is 0 Å². The second-order valence-electron chi connectivity index (χ2n) is 6.40. The molecule has 1 fully saturated rings. The van der Waals surface area contributed by atoms with Crippen LogP contribution in [0.5, 0.6) is 0 Å². The van der Waals surface area contributed by atoms with Crippen LogP contribution in [-0.2, 0) is 4.79 Å². The SMILES string of the molecule is CC(C)CN1CCC(NCCC(=O)NC(C)C)CC1. The van der Waals surface area contributed by atoms with E-state index in [4.69, 9.17) is 0 Å². The lowest BCUT2D eigenvalue weighted by Gasteiger charge is -2.33. The topological polar surface area (TPSA) is 44.4 Å².